The Kier molecular flexibility index (Phi) is 4.55. The van der Waals surface area contributed by atoms with Gasteiger partial charge in [0, 0.05) is 17.0 Å². The molecule has 0 atom stereocenters. The fourth-order valence-electron chi connectivity index (χ4n) is 1.52. The van der Waals surface area contributed by atoms with E-state index in [4.69, 9.17) is 4.74 Å². The molecule has 0 aliphatic heterocycles. The Balaban J connectivity index is 2.37. The Morgan fingerprint density at radius 1 is 1.16 bits per heavy atom. The van der Waals surface area contributed by atoms with Crippen LogP contribution in [0.3, 0.4) is 0 Å². The molecule has 19 heavy (non-hydrogen) atoms. The van der Waals surface area contributed by atoms with Gasteiger partial charge in [-0.3, -0.25) is 10.1 Å². The summed E-state index contributed by atoms with van der Waals surface area (Å²) in [5.41, 5.74) is 0.968. The lowest BCUT2D eigenvalue weighted by molar-refractivity contribution is -0.384. The van der Waals surface area contributed by atoms with E-state index in [9.17, 15) is 10.1 Å². The van der Waals surface area contributed by atoms with Crippen molar-refractivity contribution in [2.75, 3.05) is 0 Å². The van der Waals surface area contributed by atoms with Crippen LogP contribution in [-0.4, -0.2) is 4.92 Å². The van der Waals surface area contributed by atoms with Crippen molar-refractivity contribution in [1.29, 1.82) is 0 Å². The average molecular weight is 387 g/mol. The highest BCUT2D eigenvalue weighted by Gasteiger charge is 2.12. The summed E-state index contributed by atoms with van der Waals surface area (Å²) in [6.45, 7) is 0. The van der Waals surface area contributed by atoms with E-state index in [0.717, 1.165) is 5.56 Å². The maximum Gasteiger partial charge on any atom is 0.273 e. The molecule has 2 aromatic rings. The van der Waals surface area contributed by atoms with Crippen molar-refractivity contribution >= 4 is 37.5 Å². The van der Waals surface area contributed by atoms with E-state index in [1.165, 1.54) is 12.1 Å². The van der Waals surface area contributed by atoms with Gasteiger partial charge in [-0.05, 0) is 28.1 Å². The third-order valence-corrected chi connectivity index (χ3v) is 3.72. The number of hydrogen-bond acceptors (Lipinski definition) is 3. The van der Waals surface area contributed by atoms with Crippen LogP contribution in [-0.2, 0) is 5.33 Å². The molecule has 0 fully saturated rings. The molecule has 0 saturated heterocycles. The number of alkyl halides is 1. The largest absolute Gasteiger partial charge is 0.456 e. The van der Waals surface area contributed by atoms with Gasteiger partial charge in [0.05, 0.1) is 15.5 Å². The molecule has 0 aliphatic carbocycles. The normalized spacial score (nSPS) is 10.2. The van der Waals surface area contributed by atoms with E-state index in [2.05, 4.69) is 31.9 Å². The smallest absolute Gasteiger partial charge is 0.273 e. The van der Waals surface area contributed by atoms with E-state index in [0.29, 0.717) is 21.3 Å². The molecule has 0 radical (unpaired) electrons. The first-order chi connectivity index (χ1) is 9.11. The highest BCUT2D eigenvalue weighted by atomic mass is 79.9. The Morgan fingerprint density at radius 3 is 2.58 bits per heavy atom. The summed E-state index contributed by atoms with van der Waals surface area (Å²) in [5.74, 6) is 1.09. The maximum absolute atomic E-state index is 10.8. The van der Waals surface area contributed by atoms with Gasteiger partial charge in [-0.15, -0.1) is 0 Å². The van der Waals surface area contributed by atoms with Crippen LogP contribution in [0.4, 0.5) is 5.69 Å². The Labute approximate surface area is 126 Å². The monoisotopic (exact) mass is 385 g/mol. The molecule has 4 nitrogen and oxygen atoms in total. The lowest BCUT2D eigenvalue weighted by atomic mass is 10.2. The number of benzene rings is 2. The van der Waals surface area contributed by atoms with E-state index < -0.39 is 4.92 Å². The molecule has 0 amide bonds. The van der Waals surface area contributed by atoms with Crippen LogP contribution < -0.4 is 4.74 Å². The minimum atomic E-state index is -0.449. The van der Waals surface area contributed by atoms with Crippen molar-refractivity contribution in [2.24, 2.45) is 0 Å². The van der Waals surface area contributed by atoms with Crippen molar-refractivity contribution in [1.82, 2.24) is 0 Å². The van der Waals surface area contributed by atoms with E-state index in [1.807, 2.05) is 24.3 Å². The van der Waals surface area contributed by atoms with Gasteiger partial charge in [0.15, 0.2) is 0 Å². The van der Waals surface area contributed by atoms with Crippen LogP contribution in [0, 0.1) is 10.1 Å². The van der Waals surface area contributed by atoms with Gasteiger partial charge in [0.25, 0.3) is 5.69 Å². The number of hydrogen-bond donors (Lipinski definition) is 0. The van der Waals surface area contributed by atoms with Gasteiger partial charge in [-0.2, -0.15) is 0 Å². The Hall–Kier alpha value is -1.40. The fourth-order valence-corrected chi connectivity index (χ4v) is 2.31. The summed E-state index contributed by atoms with van der Waals surface area (Å²) in [5, 5.41) is 11.4. The number of nitro benzene ring substituents is 1. The maximum atomic E-state index is 10.8. The molecule has 0 unspecified atom stereocenters. The molecule has 0 aliphatic rings. The number of para-hydroxylation sites is 1. The second-order valence-corrected chi connectivity index (χ2v) is 5.13. The Bertz CT molecular complexity index is 617. The molecule has 2 aromatic carbocycles. The van der Waals surface area contributed by atoms with Gasteiger partial charge in [0.2, 0.25) is 0 Å². The van der Waals surface area contributed by atoms with E-state index in [-0.39, 0.29) is 5.69 Å². The third kappa shape index (κ3) is 3.33. The fraction of sp³-hybridized carbons (Fsp3) is 0.0769. The van der Waals surface area contributed by atoms with Crippen LogP contribution in [0.2, 0.25) is 0 Å². The summed E-state index contributed by atoms with van der Waals surface area (Å²) in [7, 11) is 0. The van der Waals surface area contributed by atoms with Crippen molar-refractivity contribution in [3.8, 4) is 11.5 Å². The average Bonchev–Trinajstić information content (AvgIpc) is 2.41. The zero-order valence-corrected chi connectivity index (χ0v) is 12.8. The predicted molar refractivity (Wildman–Crippen MR) is 79.9 cm³/mol. The van der Waals surface area contributed by atoms with Crippen molar-refractivity contribution in [3.05, 3.63) is 62.6 Å². The molecule has 0 bridgehead atoms. The standard InChI is InChI=1S/C13H9Br2NO3/c14-8-9-3-1-2-4-12(9)19-13-7-10(16(17)18)5-6-11(13)15/h1-7H,8H2. The molecular weight excluding hydrogens is 378 g/mol. The SMILES string of the molecule is O=[N+]([O-])c1ccc(Br)c(Oc2ccccc2CBr)c1. The van der Waals surface area contributed by atoms with Crippen LogP contribution in [0.15, 0.2) is 46.9 Å². The third-order valence-electron chi connectivity index (χ3n) is 2.46. The first-order valence-electron chi connectivity index (χ1n) is 5.37. The van der Waals surface area contributed by atoms with Crippen molar-refractivity contribution < 1.29 is 9.66 Å². The summed E-state index contributed by atoms with van der Waals surface area (Å²) in [6.07, 6.45) is 0. The van der Waals surface area contributed by atoms with Gasteiger partial charge in [0.1, 0.15) is 11.5 Å². The minimum Gasteiger partial charge on any atom is -0.456 e. The lowest BCUT2D eigenvalue weighted by Gasteiger charge is -2.10. The highest BCUT2D eigenvalue weighted by Crippen LogP contribution is 2.34. The second-order valence-electron chi connectivity index (χ2n) is 3.72. The summed E-state index contributed by atoms with van der Waals surface area (Å²) >= 11 is 6.70. The molecular formula is C13H9Br2NO3. The zero-order valence-electron chi connectivity index (χ0n) is 9.68. The van der Waals surface area contributed by atoms with Crippen molar-refractivity contribution in [3.63, 3.8) is 0 Å². The number of nitro groups is 1. The first kappa shape index (κ1) is 14.0. The quantitative estimate of drug-likeness (QED) is 0.420. The first-order valence-corrected chi connectivity index (χ1v) is 7.29. The van der Waals surface area contributed by atoms with Gasteiger partial charge in [-0.1, -0.05) is 34.1 Å². The molecule has 0 N–H and O–H groups in total. The van der Waals surface area contributed by atoms with Crippen molar-refractivity contribution in [2.45, 2.75) is 5.33 Å². The predicted octanol–water partition coefficient (Wildman–Crippen LogP) is 5.04. The van der Waals surface area contributed by atoms with Crippen LogP contribution >= 0.6 is 31.9 Å². The minimum absolute atomic E-state index is 0.00507. The molecule has 0 saturated carbocycles. The molecule has 6 heteroatoms. The number of nitrogens with zero attached hydrogens (tertiary/aromatic N) is 1. The summed E-state index contributed by atoms with van der Waals surface area (Å²) < 4.78 is 6.41. The number of non-ortho nitro benzene ring substituents is 1. The van der Waals surface area contributed by atoms with Crippen LogP contribution in [0.25, 0.3) is 0 Å². The lowest BCUT2D eigenvalue weighted by Crippen LogP contribution is -1.92. The van der Waals surface area contributed by atoms with E-state index >= 15 is 0 Å². The molecule has 0 heterocycles. The second kappa shape index (κ2) is 6.16. The number of rotatable bonds is 4. The molecule has 2 rings (SSSR count). The van der Waals surface area contributed by atoms with Gasteiger partial charge >= 0.3 is 0 Å². The van der Waals surface area contributed by atoms with E-state index in [1.54, 1.807) is 6.07 Å². The Morgan fingerprint density at radius 2 is 1.89 bits per heavy atom. The topological polar surface area (TPSA) is 52.4 Å². The zero-order chi connectivity index (χ0) is 13.8. The summed E-state index contributed by atoms with van der Waals surface area (Å²) in [4.78, 5) is 10.3. The summed E-state index contributed by atoms with van der Waals surface area (Å²) in [6, 6.07) is 11.9. The number of halogens is 2. The van der Waals surface area contributed by atoms with Gasteiger partial charge in [-0.25, -0.2) is 0 Å². The molecule has 0 aromatic heterocycles. The molecule has 0 spiro atoms. The molecule has 98 valence electrons. The van der Waals surface area contributed by atoms with Crippen LogP contribution in [0.5, 0.6) is 11.5 Å². The number of ether oxygens (including phenoxy) is 1. The highest BCUT2D eigenvalue weighted by molar-refractivity contribution is 9.10. The van der Waals surface area contributed by atoms with Crippen LogP contribution in [0.1, 0.15) is 5.56 Å². The van der Waals surface area contributed by atoms with Gasteiger partial charge < -0.3 is 4.74 Å².